The van der Waals surface area contributed by atoms with Crippen LogP contribution in [0.5, 0.6) is 0 Å². The van der Waals surface area contributed by atoms with Crippen molar-refractivity contribution in [2.75, 3.05) is 4.72 Å². The van der Waals surface area contributed by atoms with Gasteiger partial charge in [0.05, 0.1) is 11.3 Å². The highest BCUT2D eigenvalue weighted by Gasteiger charge is 2.19. The molecule has 0 atom stereocenters. The van der Waals surface area contributed by atoms with Crippen molar-refractivity contribution in [2.24, 2.45) is 7.05 Å². The van der Waals surface area contributed by atoms with Gasteiger partial charge in [0.1, 0.15) is 5.82 Å². The molecule has 9 heteroatoms. The van der Waals surface area contributed by atoms with E-state index in [1.807, 2.05) is 0 Å². The standard InChI is InChI=1S/C12H12ClN3O4S/c1-7-14-11(6-16(7)2)21(19,20)15-10-4-8(12(17)18)3-9(13)5-10/h3-6,15H,1-2H3,(H,17,18). The maximum atomic E-state index is 12.2. The molecule has 0 amide bonds. The Morgan fingerprint density at radius 2 is 2.05 bits per heavy atom. The van der Waals surface area contributed by atoms with Crippen molar-refractivity contribution < 1.29 is 18.3 Å². The Bertz CT molecular complexity index is 794. The number of nitrogens with one attached hydrogen (secondary N) is 1. The first kappa shape index (κ1) is 15.3. The number of aromatic carboxylic acids is 1. The van der Waals surface area contributed by atoms with Gasteiger partial charge in [-0.2, -0.15) is 8.42 Å². The summed E-state index contributed by atoms with van der Waals surface area (Å²) in [5, 5.41) is 8.90. The zero-order valence-electron chi connectivity index (χ0n) is 11.2. The first-order valence-corrected chi connectivity index (χ1v) is 7.62. The number of carbonyl (C=O) groups is 1. The molecule has 0 fully saturated rings. The summed E-state index contributed by atoms with van der Waals surface area (Å²) in [6, 6.07) is 3.73. The number of imidazole rings is 1. The van der Waals surface area contributed by atoms with Crippen LogP contribution in [0.3, 0.4) is 0 Å². The maximum Gasteiger partial charge on any atom is 0.335 e. The van der Waals surface area contributed by atoms with Gasteiger partial charge in [0.2, 0.25) is 0 Å². The molecule has 0 saturated heterocycles. The highest BCUT2D eigenvalue weighted by atomic mass is 35.5. The van der Waals surface area contributed by atoms with Crippen molar-refractivity contribution in [1.82, 2.24) is 9.55 Å². The second-order valence-corrected chi connectivity index (χ2v) is 6.44. The number of anilines is 1. The van der Waals surface area contributed by atoms with E-state index in [9.17, 15) is 13.2 Å². The quantitative estimate of drug-likeness (QED) is 0.891. The lowest BCUT2D eigenvalue weighted by Crippen LogP contribution is -2.14. The van der Waals surface area contributed by atoms with E-state index in [0.29, 0.717) is 5.82 Å². The molecule has 1 aromatic carbocycles. The number of hydrogen-bond donors (Lipinski definition) is 2. The molecule has 0 radical (unpaired) electrons. The third kappa shape index (κ3) is 3.34. The predicted octanol–water partition coefficient (Wildman–Crippen LogP) is 1.88. The Labute approximate surface area is 126 Å². The minimum absolute atomic E-state index is 0.0585. The summed E-state index contributed by atoms with van der Waals surface area (Å²) in [6.45, 7) is 1.67. The molecule has 0 unspecified atom stereocenters. The maximum absolute atomic E-state index is 12.2. The van der Waals surface area contributed by atoms with Crippen molar-refractivity contribution in [2.45, 2.75) is 11.9 Å². The van der Waals surface area contributed by atoms with E-state index in [4.69, 9.17) is 16.7 Å². The lowest BCUT2D eigenvalue weighted by molar-refractivity contribution is 0.0697. The van der Waals surface area contributed by atoms with E-state index in [2.05, 4.69) is 9.71 Å². The number of aryl methyl sites for hydroxylation is 2. The Balaban J connectivity index is 2.39. The van der Waals surface area contributed by atoms with Crippen LogP contribution in [0.15, 0.2) is 29.4 Å². The van der Waals surface area contributed by atoms with Gasteiger partial charge < -0.3 is 9.67 Å². The minimum atomic E-state index is -3.91. The molecule has 21 heavy (non-hydrogen) atoms. The Kier molecular flexibility index (Phi) is 3.93. The van der Waals surface area contributed by atoms with E-state index < -0.39 is 16.0 Å². The summed E-state index contributed by atoms with van der Waals surface area (Å²) >= 11 is 5.78. The molecule has 0 saturated carbocycles. The second-order valence-electron chi connectivity index (χ2n) is 4.38. The van der Waals surface area contributed by atoms with Crippen LogP contribution in [0, 0.1) is 6.92 Å². The average Bonchev–Trinajstić information content (AvgIpc) is 2.69. The zero-order chi connectivity index (χ0) is 15.8. The SMILES string of the molecule is Cc1nc(S(=O)(=O)Nc2cc(Cl)cc(C(=O)O)c2)cn1C. The molecule has 0 bridgehead atoms. The third-order valence-corrected chi connectivity index (χ3v) is 4.23. The fourth-order valence-electron chi connectivity index (χ4n) is 1.64. The van der Waals surface area contributed by atoms with Crippen molar-refractivity contribution in [1.29, 1.82) is 0 Å². The molecule has 1 aromatic heterocycles. The van der Waals surface area contributed by atoms with Gasteiger partial charge >= 0.3 is 5.97 Å². The fraction of sp³-hybridized carbons (Fsp3) is 0.167. The molecule has 2 N–H and O–H groups in total. The summed E-state index contributed by atoms with van der Waals surface area (Å²) in [5.41, 5.74) is -0.0550. The first-order chi connectivity index (χ1) is 9.69. The first-order valence-electron chi connectivity index (χ1n) is 5.76. The van der Waals surface area contributed by atoms with Gasteiger partial charge in [-0.05, 0) is 25.1 Å². The number of hydrogen-bond acceptors (Lipinski definition) is 4. The van der Waals surface area contributed by atoms with Crippen LogP contribution < -0.4 is 4.72 Å². The van der Waals surface area contributed by atoms with Gasteiger partial charge in [-0.3, -0.25) is 4.72 Å². The number of halogens is 1. The predicted molar refractivity (Wildman–Crippen MR) is 77.2 cm³/mol. The lowest BCUT2D eigenvalue weighted by Gasteiger charge is -2.07. The number of carboxylic acid groups (broad SMARTS) is 1. The molecule has 0 spiro atoms. The Morgan fingerprint density at radius 1 is 1.38 bits per heavy atom. The van der Waals surface area contributed by atoms with E-state index in [1.165, 1.54) is 24.4 Å². The molecule has 7 nitrogen and oxygen atoms in total. The molecular weight excluding hydrogens is 318 g/mol. The van der Waals surface area contributed by atoms with Crippen LogP contribution in [0.4, 0.5) is 5.69 Å². The summed E-state index contributed by atoms with van der Waals surface area (Å²) in [7, 11) is -2.24. The highest BCUT2D eigenvalue weighted by Crippen LogP contribution is 2.22. The second kappa shape index (κ2) is 5.38. The largest absolute Gasteiger partial charge is 0.478 e. The monoisotopic (exact) mass is 329 g/mol. The Hall–Kier alpha value is -2.06. The van der Waals surface area contributed by atoms with Gasteiger partial charge in [-0.25, -0.2) is 9.78 Å². The summed E-state index contributed by atoms with van der Waals surface area (Å²) in [4.78, 5) is 14.9. The third-order valence-electron chi connectivity index (χ3n) is 2.76. The molecule has 2 rings (SSSR count). The van der Waals surface area contributed by atoms with Crippen LogP contribution in [-0.4, -0.2) is 29.0 Å². The van der Waals surface area contributed by atoms with Gasteiger partial charge in [-0.1, -0.05) is 11.6 Å². The fourth-order valence-corrected chi connectivity index (χ4v) is 2.95. The lowest BCUT2D eigenvalue weighted by atomic mass is 10.2. The van der Waals surface area contributed by atoms with Crippen molar-refractivity contribution >= 4 is 33.3 Å². The van der Waals surface area contributed by atoms with Crippen molar-refractivity contribution in [3.05, 3.63) is 40.8 Å². The summed E-state index contributed by atoms with van der Waals surface area (Å²) < 4.78 is 28.2. The summed E-state index contributed by atoms with van der Waals surface area (Å²) in [6.07, 6.45) is 1.36. The summed E-state index contributed by atoms with van der Waals surface area (Å²) in [5.74, 6) is -0.667. The number of carboxylic acids is 1. The normalized spacial score (nSPS) is 11.4. The average molecular weight is 330 g/mol. The van der Waals surface area contributed by atoms with Crippen molar-refractivity contribution in [3.63, 3.8) is 0 Å². The van der Waals surface area contributed by atoms with Gasteiger partial charge in [-0.15, -0.1) is 0 Å². The highest BCUT2D eigenvalue weighted by molar-refractivity contribution is 7.92. The Morgan fingerprint density at radius 3 is 2.57 bits per heavy atom. The molecule has 0 aliphatic carbocycles. The minimum Gasteiger partial charge on any atom is -0.478 e. The van der Waals surface area contributed by atoms with Gasteiger partial charge in [0.25, 0.3) is 10.0 Å². The zero-order valence-corrected chi connectivity index (χ0v) is 12.7. The van der Waals surface area contributed by atoms with Crippen LogP contribution in [0.2, 0.25) is 5.02 Å². The number of nitrogens with zero attached hydrogens (tertiary/aromatic N) is 2. The van der Waals surface area contributed by atoms with Crippen LogP contribution in [-0.2, 0) is 17.1 Å². The topological polar surface area (TPSA) is 101 Å². The number of rotatable bonds is 4. The van der Waals surface area contributed by atoms with E-state index in [1.54, 1.807) is 18.5 Å². The molecule has 0 aliphatic rings. The van der Waals surface area contributed by atoms with Crippen molar-refractivity contribution in [3.8, 4) is 0 Å². The molecule has 112 valence electrons. The van der Waals surface area contributed by atoms with Crippen LogP contribution in [0.25, 0.3) is 0 Å². The van der Waals surface area contributed by atoms with Crippen LogP contribution in [0.1, 0.15) is 16.2 Å². The van der Waals surface area contributed by atoms with E-state index in [-0.39, 0.29) is 21.3 Å². The smallest absolute Gasteiger partial charge is 0.335 e. The van der Waals surface area contributed by atoms with E-state index in [0.717, 1.165) is 0 Å². The molecular formula is C12H12ClN3O4S. The molecule has 2 aromatic rings. The molecule has 1 heterocycles. The molecule has 0 aliphatic heterocycles. The van der Waals surface area contributed by atoms with Gasteiger partial charge in [0, 0.05) is 18.3 Å². The van der Waals surface area contributed by atoms with Gasteiger partial charge in [0.15, 0.2) is 5.03 Å². The van der Waals surface area contributed by atoms with Crippen LogP contribution >= 0.6 is 11.6 Å². The number of benzene rings is 1. The van der Waals surface area contributed by atoms with E-state index >= 15 is 0 Å². The number of aromatic nitrogens is 2. The number of sulfonamides is 1.